The van der Waals surface area contributed by atoms with Gasteiger partial charge in [-0.15, -0.1) is 4.40 Å². The highest BCUT2D eigenvalue weighted by Crippen LogP contribution is 2.47. The molecule has 4 aliphatic rings. The van der Waals surface area contributed by atoms with Crippen LogP contribution in [-0.2, 0) is 36.2 Å². The summed E-state index contributed by atoms with van der Waals surface area (Å²) in [6.07, 6.45) is 3.37. The molecule has 3 heterocycles. The SMILES string of the molecule is CS(=O)(=O)Nc1ccc2c(c1)S(=O)(=O)N=C(C1C(=O)C3C4CCC(C4)N3N(Cc3ccc(F)cc3)C1=O)N2. The first-order valence-electron chi connectivity index (χ1n) is 12.0. The largest absolute Gasteiger partial charge is 0.341 e. The van der Waals surface area contributed by atoms with Crippen molar-refractivity contribution in [1.29, 1.82) is 0 Å². The lowest BCUT2D eigenvalue weighted by Crippen LogP contribution is -2.66. The Bertz CT molecular complexity index is 1610. The van der Waals surface area contributed by atoms with Crippen LogP contribution in [0.2, 0.25) is 0 Å². The van der Waals surface area contributed by atoms with Crippen molar-refractivity contribution in [3.63, 3.8) is 0 Å². The molecular formula is C24H24FN5O6S2. The normalized spacial score (nSPS) is 27.9. The predicted molar refractivity (Wildman–Crippen MR) is 135 cm³/mol. The third-order valence-electron chi connectivity index (χ3n) is 7.47. The third kappa shape index (κ3) is 4.16. The number of Topliss-reactive ketones (excluding diaryl/α,β-unsaturated/α-hetero) is 1. The lowest BCUT2D eigenvalue weighted by molar-refractivity contribution is -0.179. The molecule has 6 rings (SSSR count). The van der Waals surface area contributed by atoms with Crippen molar-refractivity contribution in [2.45, 2.75) is 42.8 Å². The number of rotatable bonds is 5. The van der Waals surface area contributed by atoms with Crippen molar-refractivity contribution in [2.24, 2.45) is 16.2 Å². The summed E-state index contributed by atoms with van der Waals surface area (Å²) in [5.41, 5.74) is 0.773. The summed E-state index contributed by atoms with van der Waals surface area (Å²) in [6.45, 7) is 0.0970. The second-order valence-corrected chi connectivity index (χ2v) is 13.4. The van der Waals surface area contributed by atoms with Crippen molar-refractivity contribution in [3.8, 4) is 0 Å². The predicted octanol–water partition coefficient (Wildman–Crippen LogP) is 1.71. The average Bonchev–Trinajstić information content (AvgIpc) is 3.45. The van der Waals surface area contributed by atoms with E-state index < -0.39 is 49.5 Å². The molecular weight excluding hydrogens is 537 g/mol. The van der Waals surface area contributed by atoms with Crippen LogP contribution in [0.25, 0.3) is 0 Å². The molecule has 200 valence electrons. The number of piperidine rings is 1. The van der Waals surface area contributed by atoms with Crippen LogP contribution in [0.15, 0.2) is 51.8 Å². The van der Waals surface area contributed by atoms with Gasteiger partial charge in [-0.25, -0.2) is 17.8 Å². The van der Waals surface area contributed by atoms with Gasteiger partial charge in [0.15, 0.2) is 11.7 Å². The molecule has 0 spiro atoms. The van der Waals surface area contributed by atoms with E-state index in [4.69, 9.17) is 0 Å². The van der Waals surface area contributed by atoms with Crippen LogP contribution in [0.3, 0.4) is 0 Å². The van der Waals surface area contributed by atoms with Crippen LogP contribution in [0.4, 0.5) is 15.8 Å². The maximum Gasteiger partial charge on any atom is 0.286 e. The first-order valence-corrected chi connectivity index (χ1v) is 15.4. The molecule has 14 heteroatoms. The summed E-state index contributed by atoms with van der Waals surface area (Å²) in [5, 5.41) is 6.16. The fraction of sp³-hybridized carbons (Fsp3) is 0.375. The molecule has 3 fully saturated rings. The molecule has 1 saturated carbocycles. The number of carbonyl (C=O) groups excluding carboxylic acids is 2. The van der Waals surface area contributed by atoms with Gasteiger partial charge in [0.2, 0.25) is 10.0 Å². The number of amides is 1. The number of hydrogen-bond acceptors (Lipinski definition) is 8. The monoisotopic (exact) mass is 561 g/mol. The number of anilines is 2. The Balaban J connectivity index is 1.37. The number of nitrogens with one attached hydrogen (secondary N) is 2. The minimum absolute atomic E-state index is 0.0192. The number of hydrazine groups is 1. The zero-order chi connectivity index (χ0) is 27.0. The Kier molecular flexibility index (Phi) is 5.63. The number of benzene rings is 2. The van der Waals surface area contributed by atoms with Crippen LogP contribution in [0.5, 0.6) is 0 Å². The fourth-order valence-corrected chi connectivity index (χ4v) is 7.72. The maximum absolute atomic E-state index is 13.9. The highest BCUT2D eigenvalue weighted by atomic mass is 32.2. The second kappa shape index (κ2) is 8.58. The minimum Gasteiger partial charge on any atom is -0.341 e. The van der Waals surface area contributed by atoms with Gasteiger partial charge < -0.3 is 5.32 Å². The van der Waals surface area contributed by atoms with E-state index in [1.165, 1.54) is 29.3 Å². The zero-order valence-electron chi connectivity index (χ0n) is 20.2. The molecule has 1 aliphatic carbocycles. The number of ketones is 1. The van der Waals surface area contributed by atoms with E-state index >= 15 is 0 Å². The van der Waals surface area contributed by atoms with Crippen molar-refractivity contribution in [2.75, 3.05) is 16.3 Å². The Labute approximate surface area is 218 Å². The van der Waals surface area contributed by atoms with Gasteiger partial charge in [0.25, 0.3) is 15.9 Å². The molecule has 1 amide bonds. The second-order valence-electron chi connectivity index (χ2n) is 10.1. The van der Waals surface area contributed by atoms with Crippen molar-refractivity contribution in [3.05, 3.63) is 53.8 Å². The highest BCUT2D eigenvalue weighted by molar-refractivity contribution is 7.92. The highest BCUT2D eigenvalue weighted by Gasteiger charge is 2.59. The molecule has 2 N–H and O–H groups in total. The summed E-state index contributed by atoms with van der Waals surface area (Å²) >= 11 is 0. The number of hydrogen-bond donors (Lipinski definition) is 2. The molecule has 2 saturated heterocycles. The summed E-state index contributed by atoms with van der Waals surface area (Å²) < 4.78 is 68.9. The summed E-state index contributed by atoms with van der Waals surface area (Å²) in [7, 11) is -8.02. The lowest BCUT2D eigenvalue weighted by Gasteiger charge is -2.48. The summed E-state index contributed by atoms with van der Waals surface area (Å²) in [6, 6.07) is 9.00. The number of nitrogens with zero attached hydrogens (tertiary/aromatic N) is 3. The van der Waals surface area contributed by atoms with Crippen LogP contribution in [0, 0.1) is 17.7 Å². The lowest BCUT2D eigenvalue weighted by atomic mass is 9.85. The number of halogens is 1. The van der Waals surface area contributed by atoms with E-state index in [2.05, 4.69) is 14.4 Å². The standard InChI is InChI=1S/C24H24FN5O6S2/c1-37(33,34)27-16-7-9-18-19(11-16)38(35,36)28-23(26-18)20-22(31)21-14-4-8-17(10-14)30(21)29(24(20)32)12-13-2-5-15(25)6-3-13/h2-3,5-7,9,11,14,17,20-21,27H,4,8,10,12H2,1H3,(H,26,28). The van der Waals surface area contributed by atoms with E-state index in [1.54, 1.807) is 12.1 Å². The van der Waals surface area contributed by atoms with Crippen LogP contribution in [0.1, 0.15) is 24.8 Å². The number of sulfonamides is 2. The first kappa shape index (κ1) is 24.9. The fourth-order valence-electron chi connectivity index (χ4n) is 5.98. The van der Waals surface area contributed by atoms with Crippen molar-refractivity contribution in [1.82, 2.24) is 10.0 Å². The van der Waals surface area contributed by atoms with E-state index in [-0.39, 0.29) is 40.6 Å². The minimum atomic E-state index is -4.37. The van der Waals surface area contributed by atoms with Crippen LogP contribution >= 0.6 is 0 Å². The Morgan fingerprint density at radius 1 is 1.13 bits per heavy atom. The Morgan fingerprint density at radius 3 is 2.58 bits per heavy atom. The van der Waals surface area contributed by atoms with Crippen LogP contribution in [-0.4, -0.2) is 62.7 Å². The molecule has 0 aromatic heterocycles. The van der Waals surface area contributed by atoms with E-state index in [0.717, 1.165) is 31.6 Å². The van der Waals surface area contributed by atoms with Gasteiger partial charge in [0.05, 0.1) is 24.5 Å². The molecule has 4 unspecified atom stereocenters. The van der Waals surface area contributed by atoms with E-state index in [9.17, 15) is 30.8 Å². The van der Waals surface area contributed by atoms with Gasteiger partial charge in [0, 0.05) is 11.7 Å². The van der Waals surface area contributed by atoms with Gasteiger partial charge in [-0.2, -0.15) is 8.42 Å². The molecule has 3 aliphatic heterocycles. The number of amidine groups is 1. The number of fused-ring (bicyclic) bond motifs is 6. The van der Waals surface area contributed by atoms with E-state index in [1.807, 2.05) is 5.01 Å². The summed E-state index contributed by atoms with van der Waals surface area (Å²) in [4.78, 5) is 27.3. The van der Waals surface area contributed by atoms with Crippen molar-refractivity contribution < 1.29 is 30.8 Å². The van der Waals surface area contributed by atoms with Gasteiger partial charge in [-0.3, -0.25) is 19.3 Å². The van der Waals surface area contributed by atoms with Gasteiger partial charge in [-0.1, -0.05) is 12.1 Å². The molecule has 2 aromatic carbocycles. The van der Waals surface area contributed by atoms with Crippen molar-refractivity contribution >= 4 is 48.9 Å². The topological polar surface area (TPSA) is 145 Å². The van der Waals surface area contributed by atoms with E-state index in [0.29, 0.717) is 5.56 Å². The summed E-state index contributed by atoms with van der Waals surface area (Å²) in [5.74, 6) is -3.14. The van der Waals surface area contributed by atoms with Gasteiger partial charge >= 0.3 is 0 Å². The molecule has 2 bridgehead atoms. The van der Waals surface area contributed by atoms with Gasteiger partial charge in [0.1, 0.15) is 16.5 Å². The number of carbonyl (C=O) groups is 2. The molecule has 38 heavy (non-hydrogen) atoms. The average molecular weight is 562 g/mol. The maximum atomic E-state index is 13.9. The molecule has 11 nitrogen and oxygen atoms in total. The molecule has 4 atom stereocenters. The quantitative estimate of drug-likeness (QED) is 0.525. The Hall–Kier alpha value is -3.36. The third-order valence-corrected chi connectivity index (χ3v) is 9.41. The Morgan fingerprint density at radius 2 is 1.87 bits per heavy atom. The zero-order valence-corrected chi connectivity index (χ0v) is 21.8. The van der Waals surface area contributed by atoms with Gasteiger partial charge in [-0.05, 0) is 61.1 Å². The smallest absolute Gasteiger partial charge is 0.286 e. The molecule has 0 radical (unpaired) electrons. The van der Waals surface area contributed by atoms with Crippen LogP contribution < -0.4 is 10.0 Å². The molecule has 2 aromatic rings. The first-order chi connectivity index (χ1) is 17.9.